The summed E-state index contributed by atoms with van der Waals surface area (Å²) in [6.07, 6.45) is 6.84. The fourth-order valence-electron chi connectivity index (χ4n) is 4.75. The lowest BCUT2D eigenvalue weighted by atomic mass is 10.0. The number of fused-ring (bicyclic) bond motifs is 1. The van der Waals surface area contributed by atoms with Crippen molar-refractivity contribution >= 4 is 29.1 Å². The highest BCUT2D eigenvalue weighted by molar-refractivity contribution is 7.98. The number of anilines is 1. The predicted molar refractivity (Wildman–Crippen MR) is 120 cm³/mol. The van der Waals surface area contributed by atoms with E-state index in [1.807, 2.05) is 17.2 Å². The number of benzene rings is 1. The van der Waals surface area contributed by atoms with Gasteiger partial charge in [0.25, 0.3) is 5.91 Å². The number of aromatic nitrogens is 3. The van der Waals surface area contributed by atoms with E-state index in [4.69, 9.17) is 0 Å². The van der Waals surface area contributed by atoms with Gasteiger partial charge in [0.2, 0.25) is 0 Å². The summed E-state index contributed by atoms with van der Waals surface area (Å²) in [5, 5.41) is 7.71. The van der Waals surface area contributed by atoms with Gasteiger partial charge in [0.1, 0.15) is 17.8 Å². The highest BCUT2D eigenvalue weighted by atomic mass is 32.2. The maximum absolute atomic E-state index is 14.5. The van der Waals surface area contributed by atoms with E-state index in [0.717, 1.165) is 36.1 Å². The molecule has 3 heterocycles. The van der Waals surface area contributed by atoms with Crippen LogP contribution in [0, 0.1) is 5.82 Å². The van der Waals surface area contributed by atoms with Gasteiger partial charge in [-0.1, -0.05) is 12.8 Å². The first-order valence-electron chi connectivity index (χ1n) is 10.9. The Balaban J connectivity index is 1.47. The van der Waals surface area contributed by atoms with E-state index in [-0.39, 0.29) is 36.8 Å². The second-order valence-electron chi connectivity index (χ2n) is 8.49. The van der Waals surface area contributed by atoms with Gasteiger partial charge in [-0.2, -0.15) is 0 Å². The van der Waals surface area contributed by atoms with Gasteiger partial charge in [-0.25, -0.2) is 18.3 Å². The SMILES string of the molecule is CSc1cc(F)cc([C@H]2C[C@H](F)CN2c2ccc3ncc(C(=O)NC4CCCC4)n3n2)c1. The molecule has 2 fully saturated rings. The van der Waals surface area contributed by atoms with Crippen LogP contribution < -0.4 is 10.2 Å². The van der Waals surface area contributed by atoms with E-state index < -0.39 is 6.17 Å². The third kappa shape index (κ3) is 4.05. The molecule has 3 aromatic rings. The van der Waals surface area contributed by atoms with Gasteiger partial charge >= 0.3 is 0 Å². The molecule has 2 aliphatic rings. The smallest absolute Gasteiger partial charge is 0.271 e. The molecule has 0 unspecified atom stereocenters. The molecule has 1 N–H and O–H groups in total. The van der Waals surface area contributed by atoms with Crippen LogP contribution in [0.2, 0.25) is 0 Å². The molecular formula is C23H25F2N5OS. The Hall–Kier alpha value is -2.68. The molecule has 1 amide bonds. The third-order valence-corrected chi connectivity index (χ3v) is 7.04. The summed E-state index contributed by atoms with van der Waals surface area (Å²) < 4.78 is 30.2. The van der Waals surface area contributed by atoms with Crippen molar-refractivity contribution in [3.8, 4) is 0 Å². The van der Waals surface area contributed by atoms with Crippen molar-refractivity contribution < 1.29 is 13.6 Å². The molecule has 0 bridgehead atoms. The first-order valence-corrected chi connectivity index (χ1v) is 12.1. The van der Waals surface area contributed by atoms with E-state index in [2.05, 4.69) is 15.4 Å². The van der Waals surface area contributed by atoms with E-state index in [9.17, 15) is 13.6 Å². The number of alkyl halides is 1. The molecule has 1 saturated heterocycles. The summed E-state index contributed by atoms with van der Waals surface area (Å²) in [5.41, 5.74) is 1.63. The van der Waals surface area contributed by atoms with Crippen LogP contribution in [0.1, 0.15) is 54.2 Å². The lowest BCUT2D eigenvalue weighted by Gasteiger charge is -2.26. The lowest BCUT2D eigenvalue weighted by Crippen LogP contribution is -2.33. The predicted octanol–water partition coefficient (Wildman–Crippen LogP) is 4.55. The summed E-state index contributed by atoms with van der Waals surface area (Å²) in [6, 6.07) is 8.24. The number of halogens is 2. The van der Waals surface area contributed by atoms with Gasteiger partial charge in [0, 0.05) is 17.4 Å². The molecule has 2 aromatic heterocycles. The van der Waals surface area contributed by atoms with Crippen molar-refractivity contribution in [3.05, 3.63) is 53.6 Å². The van der Waals surface area contributed by atoms with Crippen LogP contribution in [-0.2, 0) is 0 Å². The zero-order valence-electron chi connectivity index (χ0n) is 17.8. The molecule has 1 saturated carbocycles. The topological polar surface area (TPSA) is 62.5 Å². The number of thioether (sulfide) groups is 1. The molecule has 6 nitrogen and oxygen atoms in total. The number of carbonyl (C=O) groups excluding carboxylic acids is 1. The molecule has 1 aliphatic carbocycles. The van der Waals surface area contributed by atoms with Gasteiger partial charge in [0.05, 0.1) is 18.8 Å². The van der Waals surface area contributed by atoms with E-state index in [0.29, 0.717) is 17.2 Å². The van der Waals surface area contributed by atoms with Crippen LogP contribution >= 0.6 is 11.8 Å². The number of imidazole rings is 1. The first-order chi connectivity index (χ1) is 15.5. The number of nitrogens with one attached hydrogen (secondary N) is 1. The van der Waals surface area contributed by atoms with Gasteiger partial charge in [-0.15, -0.1) is 16.9 Å². The molecule has 9 heteroatoms. The molecular weight excluding hydrogens is 432 g/mol. The second-order valence-corrected chi connectivity index (χ2v) is 9.37. The highest BCUT2D eigenvalue weighted by Crippen LogP contribution is 2.38. The van der Waals surface area contributed by atoms with E-state index in [1.54, 1.807) is 12.1 Å². The number of carbonyl (C=O) groups is 1. The van der Waals surface area contributed by atoms with Gasteiger partial charge in [-0.3, -0.25) is 4.79 Å². The van der Waals surface area contributed by atoms with Crippen molar-refractivity contribution in [1.82, 2.24) is 19.9 Å². The summed E-state index contributed by atoms with van der Waals surface area (Å²) in [7, 11) is 0. The molecule has 0 radical (unpaired) electrons. The molecule has 1 aromatic carbocycles. The normalized spacial score (nSPS) is 21.5. The Morgan fingerprint density at radius 1 is 1.22 bits per heavy atom. The minimum absolute atomic E-state index is 0.159. The number of amides is 1. The van der Waals surface area contributed by atoms with Crippen molar-refractivity contribution in [1.29, 1.82) is 0 Å². The fourth-order valence-corrected chi connectivity index (χ4v) is 5.23. The lowest BCUT2D eigenvalue weighted by molar-refractivity contribution is 0.0930. The van der Waals surface area contributed by atoms with Crippen LogP contribution in [0.5, 0.6) is 0 Å². The minimum atomic E-state index is -1.05. The van der Waals surface area contributed by atoms with Crippen molar-refractivity contribution in [2.45, 2.75) is 55.3 Å². The quantitative estimate of drug-likeness (QED) is 0.570. The largest absolute Gasteiger partial charge is 0.348 e. The van der Waals surface area contributed by atoms with Crippen LogP contribution in [-0.4, -0.2) is 45.5 Å². The maximum Gasteiger partial charge on any atom is 0.271 e. The number of rotatable bonds is 5. The Labute approximate surface area is 189 Å². The monoisotopic (exact) mass is 457 g/mol. The molecule has 32 heavy (non-hydrogen) atoms. The molecule has 2 atom stereocenters. The molecule has 168 valence electrons. The van der Waals surface area contributed by atoms with Crippen molar-refractivity contribution in [2.24, 2.45) is 0 Å². The minimum Gasteiger partial charge on any atom is -0.348 e. The van der Waals surface area contributed by atoms with Gasteiger partial charge in [0.15, 0.2) is 11.3 Å². The second kappa shape index (κ2) is 8.69. The fraction of sp³-hybridized carbons (Fsp3) is 0.435. The number of hydrogen-bond donors (Lipinski definition) is 1. The van der Waals surface area contributed by atoms with E-state index >= 15 is 0 Å². The van der Waals surface area contributed by atoms with E-state index in [1.165, 1.54) is 34.6 Å². The number of hydrogen-bond acceptors (Lipinski definition) is 5. The molecule has 5 rings (SSSR count). The summed E-state index contributed by atoms with van der Waals surface area (Å²) in [4.78, 5) is 19.8. The van der Waals surface area contributed by atoms with Crippen molar-refractivity contribution in [3.63, 3.8) is 0 Å². The summed E-state index contributed by atoms with van der Waals surface area (Å²) in [6.45, 7) is 0.159. The highest BCUT2D eigenvalue weighted by Gasteiger charge is 2.35. The maximum atomic E-state index is 14.5. The Morgan fingerprint density at radius 3 is 2.81 bits per heavy atom. The standard InChI is InChI=1S/C23H25F2N5OS/c1-32-18-9-14(8-15(24)10-18)19-11-16(25)13-29(19)22-7-6-21-26-12-20(30(21)28-22)23(31)27-17-4-2-3-5-17/h6-10,12,16-17,19H,2-5,11,13H2,1H3,(H,27,31)/t16-,19+/m0/s1. The van der Waals surface area contributed by atoms with Crippen LogP contribution in [0.3, 0.4) is 0 Å². The van der Waals surface area contributed by atoms with Gasteiger partial charge in [-0.05, 0) is 55.0 Å². The summed E-state index contributed by atoms with van der Waals surface area (Å²) in [5.74, 6) is -0.00587. The first kappa shape index (κ1) is 21.2. The Morgan fingerprint density at radius 2 is 2.03 bits per heavy atom. The number of nitrogens with zero attached hydrogens (tertiary/aromatic N) is 4. The molecule has 1 aliphatic heterocycles. The van der Waals surface area contributed by atoms with Crippen LogP contribution in [0.4, 0.5) is 14.6 Å². The Kier molecular flexibility index (Phi) is 5.75. The van der Waals surface area contributed by atoms with Crippen LogP contribution in [0.15, 0.2) is 41.4 Å². The average Bonchev–Trinajstić information content (AvgIpc) is 3.52. The Bertz CT molecular complexity index is 1150. The molecule has 0 spiro atoms. The zero-order valence-corrected chi connectivity index (χ0v) is 18.6. The van der Waals surface area contributed by atoms with Crippen molar-refractivity contribution in [2.75, 3.05) is 17.7 Å². The third-order valence-electron chi connectivity index (χ3n) is 6.33. The average molecular weight is 458 g/mol. The van der Waals surface area contributed by atoms with Gasteiger partial charge < -0.3 is 10.2 Å². The summed E-state index contributed by atoms with van der Waals surface area (Å²) >= 11 is 1.45. The zero-order chi connectivity index (χ0) is 22.2. The van der Waals surface area contributed by atoms with Crippen LogP contribution in [0.25, 0.3) is 5.65 Å².